The smallest absolute Gasteiger partial charge is 0.136 e. The number of piperidine rings is 1. The number of aryl methyl sites for hydroxylation is 1. The van der Waals surface area contributed by atoms with Crippen molar-refractivity contribution in [3.63, 3.8) is 0 Å². The molecule has 1 saturated heterocycles. The largest absolute Gasteiger partial charge is 0.356 e. The number of hydrogen-bond acceptors (Lipinski definition) is 4. The van der Waals surface area contributed by atoms with Gasteiger partial charge in [-0.25, -0.2) is 9.97 Å². The van der Waals surface area contributed by atoms with Gasteiger partial charge in [-0.2, -0.15) is 0 Å². The standard InChI is InChI=1S/C17H20Cl2N4/c1-11-4-3-7-23(10-11)17-9-16(20-12(2)21-17)22-15-8-13(18)5-6-14(15)19/h5-6,8-9,11H,3-4,7,10H2,1-2H3,(H,20,21,22). The van der Waals surface area contributed by atoms with Crippen LogP contribution in [-0.2, 0) is 0 Å². The van der Waals surface area contributed by atoms with E-state index in [1.165, 1.54) is 12.8 Å². The minimum Gasteiger partial charge on any atom is -0.356 e. The normalized spacial score (nSPS) is 18.1. The number of nitrogens with one attached hydrogen (secondary N) is 1. The fraction of sp³-hybridized carbons (Fsp3) is 0.412. The summed E-state index contributed by atoms with van der Waals surface area (Å²) in [6, 6.07) is 7.31. The van der Waals surface area contributed by atoms with Crippen molar-refractivity contribution in [2.24, 2.45) is 5.92 Å². The molecule has 1 atom stereocenters. The van der Waals surface area contributed by atoms with Crippen molar-refractivity contribution in [1.29, 1.82) is 0 Å². The lowest BCUT2D eigenvalue weighted by atomic mass is 10.0. The Labute approximate surface area is 146 Å². The Balaban J connectivity index is 1.87. The van der Waals surface area contributed by atoms with Crippen LogP contribution in [0.25, 0.3) is 0 Å². The van der Waals surface area contributed by atoms with Crippen molar-refractivity contribution in [3.8, 4) is 0 Å². The molecular formula is C17H20Cl2N4. The van der Waals surface area contributed by atoms with E-state index in [-0.39, 0.29) is 0 Å². The molecule has 3 rings (SSSR count). The van der Waals surface area contributed by atoms with E-state index >= 15 is 0 Å². The van der Waals surface area contributed by atoms with Crippen LogP contribution in [0.15, 0.2) is 24.3 Å². The van der Waals surface area contributed by atoms with Crippen molar-refractivity contribution >= 4 is 40.5 Å². The topological polar surface area (TPSA) is 41.1 Å². The first-order chi connectivity index (χ1) is 11.0. The van der Waals surface area contributed by atoms with Crippen molar-refractivity contribution in [1.82, 2.24) is 9.97 Å². The molecule has 122 valence electrons. The maximum Gasteiger partial charge on any atom is 0.136 e. The summed E-state index contributed by atoms with van der Waals surface area (Å²) >= 11 is 12.3. The number of anilines is 3. The zero-order valence-corrected chi connectivity index (χ0v) is 14.8. The number of nitrogens with zero attached hydrogens (tertiary/aromatic N) is 3. The van der Waals surface area contributed by atoms with E-state index in [0.717, 1.165) is 36.2 Å². The van der Waals surface area contributed by atoms with Gasteiger partial charge < -0.3 is 10.2 Å². The highest BCUT2D eigenvalue weighted by Crippen LogP contribution is 2.29. The van der Waals surface area contributed by atoms with E-state index in [9.17, 15) is 0 Å². The van der Waals surface area contributed by atoms with Gasteiger partial charge in [-0.1, -0.05) is 30.1 Å². The Morgan fingerprint density at radius 2 is 2.04 bits per heavy atom. The molecule has 1 N–H and O–H groups in total. The van der Waals surface area contributed by atoms with Crippen molar-refractivity contribution in [2.75, 3.05) is 23.3 Å². The predicted molar refractivity (Wildman–Crippen MR) is 97.1 cm³/mol. The molecule has 0 radical (unpaired) electrons. The number of aromatic nitrogens is 2. The molecule has 1 aromatic carbocycles. The molecule has 0 spiro atoms. The summed E-state index contributed by atoms with van der Waals surface area (Å²) in [4.78, 5) is 11.4. The molecule has 6 heteroatoms. The molecule has 23 heavy (non-hydrogen) atoms. The molecule has 2 heterocycles. The molecule has 1 unspecified atom stereocenters. The number of benzene rings is 1. The summed E-state index contributed by atoms with van der Waals surface area (Å²) in [7, 11) is 0. The second-order valence-electron chi connectivity index (χ2n) is 6.10. The highest BCUT2D eigenvalue weighted by atomic mass is 35.5. The Hall–Kier alpha value is -1.52. The Bertz CT molecular complexity index is 705. The van der Waals surface area contributed by atoms with Crippen LogP contribution < -0.4 is 10.2 Å². The maximum atomic E-state index is 6.22. The fourth-order valence-electron chi connectivity index (χ4n) is 2.91. The Morgan fingerprint density at radius 1 is 1.22 bits per heavy atom. The minimum absolute atomic E-state index is 0.610. The number of rotatable bonds is 3. The quantitative estimate of drug-likeness (QED) is 0.838. The van der Waals surface area contributed by atoms with Crippen LogP contribution >= 0.6 is 23.2 Å². The van der Waals surface area contributed by atoms with Crippen LogP contribution in [0, 0.1) is 12.8 Å². The van der Waals surface area contributed by atoms with E-state index in [1.807, 2.05) is 13.0 Å². The summed E-state index contributed by atoms with van der Waals surface area (Å²) in [5, 5.41) is 4.49. The third-order valence-corrected chi connectivity index (χ3v) is 4.56. The molecule has 1 aliphatic heterocycles. The molecular weight excluding hydrogens is 331 g/mol. The molecule has 1 aromatic heterocycles. The van der Waals surface area contributed by atoms with Crippen LogP contribution in [0.1, 0.15) is 25.6 Å². The molecule has 0 amide bonds. The van der Waals surface area contributed by atoms with Gasteiger partial charge >= 0.3 is 0 Å². The summed E-state index contributed by atoms with van der Waals surface area (Å²) in [6.45, 7) is 6.26. The zero-order chi connectivity index (χ0) is 16.4. The van der Waals surface area contributed by atoms with Gasteiger partial charge in [0.25, 0.3) is 0 Å². The lowest BCUT2D eigenvalue weighted by Crippen LogP contribution is -2.35. The average molecular weight is 351 g/mol. The van der Waals surface area contributed by atoms with Gasteiger partial charge in [-0.3, -0.25) is 0 Å². The number of halogens is 2. The van der Waals surface area contributed by atoms with Crippen molar-refractivity contribution in [2.45, 2.75) is 26.7 Å². The lowest BCUT2D eigenvalue weighted by Gasteiger charge is -2.32. The molecule has 2 aromatic rings. The monoisotopic (exact) mass is 350 g/mol. The fourth-order valence-corrected chi connectivity index (χ4v) is 3.24. The van der Waals surface area contributed by atoms with Gasteiger partial charge in [0.05, 0.1) is 10.7 Å². The lowest BCUT2D eigenvalue weighted by molar-refractivity contribution is 0.444. The van der Waals surface area contributed by atoms with E-state index < -0.39 is 0 Å². The van der Waals surface area contributed by atoms with Gasteiger partial charge in [-0.05, 0) is 43.9 Å². The summed E-state index contributed by atoms with van der Waals surface area (Å²) in [5.41, 5.74) is 0.746. The highest BCUT2D eigenvalue weighted by Gasteiger charge is 2.18. The Morgan fingerprint density at radius 3 is 2.83 bits per heavy atom. The van der Waals surface area contributed by atoms with E-state index in [4.69, 9.17) is 23.2 Å². The molecule has 0 saturated carbocycles. The van der Waals surface area contributed by atoms with E-state index in [2.05, 4.69) is 27.1 Å². The third kappa shape index (κ3) is 4.06. The van der Waals surface area contributed by atoms with Crippen LogP contribution in [0.2, 0.25) is 10.0 Å². The van der Waals surface area contributed by atoms with E-state index in [0.29, 0.717) is 16.0 Å². The van der Waals surface area contributed by atoms with Crippen LogP contribution in [-0.4, -0.2) is 23.1 Å². The first kappa shape index (κ1) is 16.3. The zero-order valence-electron chi connectivity index (χ0n) is 13.3. The van der Waals surface area contributed by atoms with Gasteiger partial charge in [-0.15, -0.1) is 0 Å². The first-order valence-corrected chi connectivity index (χ1v) is 8.59. The first-order valence-electron chi connectivity index (χ1n) is 7.84. The highest BCUT2D eigenvalue weighted by molar-refractivity contribution is 6.35. The molecule has 4 nitrogen and oxygen atoms in total. The molecule has 0 aliphatic carbocycles. The third-order valence-electron chi connectivity index (χ3n) is 4.00. The molecule has 0 bridgehead atoms. The minimum atomic E-state index is 0.610. The van der Waals surface area contributed by atoms with Gasteiger partial charge in [0.2, 0.25) is 0 Å². The van der Waals surface area contributed by atoms with Crippen molar-refractivity contribution < 1.29 is 0 Å². The van der Waals surface area contributed by atoms with Crippen LogP contribution in [0.3, 0.4) is 0 Å². The summed E-state index contributed by atoms with van der Waals surface area (Å²) in [6.07, 6.45) is 2.48. The average Bonchev–Trinajstić information content (AvgIpc) is 2.50. The number of hydrogen-bond donors (Lipinski definition) is 1. The second-order valence-corrected chi connectivity index (χ2v) is 6.94. The second kappa shape index (κ2) is 6.93. The Kier molecular flexibility index (Phi) is 4.93. The molecule has 1 fully saturated rings. The van der Waals surface area contributed by atoms with E-state index in [1.54, 1.807) is 18.2 Å². The van der Waals surface area contributed by atoms with Crippen LogP contribution in [0.4, 0.5) is 17.3 Å². The summed E-state index contributed by atoms with van der Waals surface area (Å²) < 4.78 is 0. The van der Waals surface area contributed by atoms with Crippen molar-refractivity contribution in [3.05, 3.63) is 40.1 Å². The predicted octanol–water partition coefficient (Wildman–Crippen LogP) is 5.07. The maximum absolute atomic E-state index is 6.22. The van der Waals surface area contributed by atoms with Gasteiger partial charge in [0, 0.05) is 24.2 Å². The SMILES string of the molecule is Cc1nc(Nc2cc(Cl)ccc2Cl)cc(N2CCCC(C)C2)n1. The molecule has 1 aliphatic rings. The summed E-state index contributed by atoms with van der Waals surface area (Å²) in [5.74, 6) is 3.12. The van der Waals surface area contributed by atoms with Gasteiger partial charge in [0.15, 0.2) is 0 Å². The van der Waals surface area contributed by atoms with Gasteiger partial charge in [0.1, 0.15) is 17.5 Å². The van der Waals surface area contributed by atoms with Crippen LogP contribution in [0.5, 0.6) is 0 Å².